The Labute approximate surface area is 113 Å². The van der Waals surface area contributed by atoms with E-state index in [4.69, 9.17) is 0 Å². The van der Waals surface area contributed by atoms with Gasteiger partial charge in [-0.3, -0.25) is 4.68 Å². The number of hydrogen-bond donors (Lipinski definition) is 1. The monoisotopic (exact) mass is 261 g/mol. The summed E-state index contributed by atoms with van der Waals surface area (Å²) in [6.07, 6.45) is 4.90. The maximum absolute atomic E-state index is 13.4. The van der Waals surface area contributed by atoms with Crippen molar-refractivity contribution in [2.24, 2.45) is 7.05 Å². The molecule has 0 bridgehead atoms. The highest BCUT2D eigenvalue weighted by Gasteiger charge is 2.15. The predicted octanol–water partition coefficient (Wildman–Crippen LogP) is 2.96. The Bertz CT molecular complexity index is 548. The van der Waals surface area contributed by atoms with Crippen LogP contribution in [-0.4, -0.2) is 16.3 Å². The molecule has 3 nitrogen and oxygen atoms in total. The highest BCUT2D eigenvalue weighted by molar-refractivity contribution is 5.32. The number of nitrogens with zero attached hydrogens (tertiary/aromatic N) is 2. The van der Waals surface area contributed by atoms with Crippen LogP contribution in [0.25, 0.3) is 0 Å². The number of aryl methyl sites for hydroxylation is 2. The molecule has 2 aromatic rings. The van der Waals surface area contributed by atoms with Gasteiger partial charge >= 0.3 is 0 Å². The molecule has 0 radical (unpaired) electrons. The van der Waals surface area contributed by atoms with Gasteiger partial charge in [-0.15, -0.1) is 0 Å². The van der Waals surface area contributed by atoms with Crippen molar-refractivity contribution < 1.29 is 4.39 Å². The first-order valence-corrected chi connectivity index (χ1v) is 6.59. The van der Waals surface area contributed by atoms with Crippen molar-refractivity contribution in [2.45, 2.75) is 26.3 Å². The number of aromatic nitrogens is 2. The molecule has 1 atom stereocenters. The molecule has 0 aliphatic carbocycles. The second-order valence-corrected chi connectivity index (χ2v) is 4.84. The van der Waals surface area contributed by atoms with Crippen LogP contribution in [0.3, 0.4) is 0 Å². The first-order valence-electron chi connectivity index (χ1n) is 6.59. The Hall–Kier alpha value is -1.68. The van der Waals surface area contributed by atoms with Gasteiger partial charge in [0.2, 0.25) is 0 Å². The van der Waals surface area contributed by atoms with E-state index in [0.29, 0.717) is 5.56 Å². The molecule has 19 heavy (non-hydrogen) atoms. The number of halogens is 1. The molecule has 0 aliphatic rings. The SMILES string of the molecule is CCCNC(c1ccc(F)c(C)c1)c1cnn(C)c1. The summed E-state index contributed by atoms with van der Waals surface area (Å²) in [5, 5.41) is 7.70. The van der Waals surface area contributed by atoms with Crippen LogP contribution < -0.4 is 5.32 Å². The lowest BCUT2D eigenvalue weighted by Gasteiger charge is -2.18. The summed E-state index contributed by atoms with van der Waals surface area (Å²) in [4.78, 5) is 0. The fourth-order valence-corrected chi connectivity index (χ4v) is 2.15. The van der Waals surface area contributed by atoms with E-state index >= 15 is 0 Å². The molecule has 1 unspecified atom stereocenters. The van der Waals surface area contributed by atoms with E-state index in [2.05, 4.69) is 17.3 Å². The summed E-state index contributed by atoms with van der Waals surface area (Å²) in [5.74, 6) is -0.163. The Kier molecular flexibility index (Phi) is 4.32. The molecule has 0 saturated heterocycles. The van der Waals surface area contributed by atoms with E-state index in [-0.39, 0.29) is 11.9 Å². The molecular weight excluding hydrogens is 241 g/mol. The minimum atomic E-state index is -0.163. The standard InChI is InChI=1S/C15H20FN3/c1-4-7-17-15(13-9-18-19(3)10-13)12-5-6-14(16)11(2)8-12/h5-6,8-10,15,17H,4,7H2,1-3H3. The molecule has 0 spiro atoms. The maximum Gasteiger partial charge on any atom is 0.126 e. The van der Waals surface area contributed by atoms with E-state index in [1.54, 1.807) is 11.6 Å². The van der Waals surface area contributed by atoms with Crippen LogP contribution in [0.4, 0.5) is 4.39 Å². The summed E-state index contributed by atoms with van der Waals surface area (Å²) >= 11 is 0. The largest absolute Gasteiger partial charge is 0.306 e. The summed E-state index contributed by atoms with van der Waals surface area (Å²) in [6.45, 7) is 4.83. The summed E-state index contributed by atoms with van der Waals surface area (Å²) in [5.41, 5.74) is 2.84. The van der Waals surface area contributed by atoms with E-state index in [0.717, 1.165) is 24.1 Å². The zero-order valence-corrected chi connectivity index (χ0v) is 11.7. The summed E-state index contributed by atoms with van der Waals surface area (Å²) < 4.78 is 15.2. The third-order valence-electron chi connectivity index (χ3n) is 3.17. The lowest BCUT2D eigenvalue weighted by molar-refractivity contribution is 0.589. The fraction of sp³-hybridized carbons (Fsp3) is 0.400. The van der Waals surface area contributed by atoms with E-state index in [1.165, 1.54) is 6.07 Å². The number of nitrogens with one attached hydrogen (secondary N) is 1. The lowest BCUT2D eigenvalue weighted by atomic mass is 9.99. The van der Waals surface area contributed by atoms with Crippen LogP contribution in [0.15, 0.2) is 30.6 Å². The molecule has 2 rings (SSSR count). The van der Waals surface area contributed by atoms with Gasteiger partial charge in [-0.05, 0) is 37.1 Å². The smallest absolute Gasteiger partial charge is 0.126 e. The Morgan fingerprint density at radius 3 is 2.74 bits per heavy atom. The van der Waals surface area contributed by atoms with Crippen molar-refractivity contribution in [3.05, 3.63) is 53.1 Å². The molecule has 1 aromatic heterocycles. The van der Waals surface area contributed by atoms with Crippen LogP contribution in [0.2, 0.25) is 0 Å². The normalized spacial score (nSPS) is 12.6. The van der Waals surface area contributed by atoms with Crippen molar-refractivity contribution in [3.8, 4) is 0 Å². The molecule has 1 heterocycles. The third-order valence-corrected chi connectivity index (χ3v) is 3.17. The van der Waals surface area contributed by atoms with Gasteiger partial charge in [0.1, 0.15) is 5.82 Å². The maximum atomic E-state index is 13.4. The van der Waals surface area contributed by atoms with Crippen LogP contribution in [0, 0.1) is 12.7 Å². The van der Waals surface area contributed by atoms with Crippen LogP contribution in [-0.2, 0) is 7.05 Å². The van der Waals surface area contributed by atoms with Gasteiger partial charge in [0, 0.05) is 18.8 Å². The highest BCUT2D eigenvalue weighted by atomic mass is 19.1. The van der Waals surface area contributed by atoms with Gasteiger partial charge in [-0.25, -0.2) is 4.39 Å². The zero-order chi connectivity index (χ0) is 13.8. The van der Waals surface area contributed by atoms with Crippen LogP contribution >= 0.6 is 0 Å². The predicted molar refractivity (Wildman–Crippen MR) is 74.5 cm³/mol. The number of rotatable bonds is 5. The minimum Gasteiger partial charge on any atom is -0.306 e. The zero-order valence-electron chi connectivity index (χ0n) is 11.7. The number of benzene rings is 1. The van der Waals surface area contributed by atoms with Crippen molar-refractivity contribution >= 4 is 0 Å². The Morgan fingerprint density at radius 2 is 2.16 bits per heavy atom. The van der Waals surface area contributed by atoms with Gasteiger partial charge in [0.05, 0.1) is 12.2 Å². The second kappa shape index (κ2) is 5.97. The van der Waals surface area contributed by atoms with E-state index in [1.807, 2.05) is 31.6 Å². The van der Waals surface area contributed by atoms with Crippen molar-refractivity contribution in [2.75, 3.05) is 6.54 Å². The van der Waals surface area contributed by atoms with Gasteiger partial charge in [0.15, 0.2) is 0 Å². The van der Waals surface area contributed by atoms with Crippen molar-refractivity contribution in [1.29, 1.82) is 0 Å². The summed E-state index contributed by atoms with van der Waals surface area (Å²) in [7, 11) is 1.90. The van der Waals surface area contributed by atoms with Crippen LogP contribution in [0.5, 0.6) is 0 Å². The average molecular weight is 261 g/mol. The topological polar surface area (TPSA) is 29.9 Å². The molecule has 0 aliphatic heterocycles. The van der Waals surface area contributed by atoms with Gasteiger partial charge in [0.25, 0.3) is 0 Å². The molecular formula is C15H20FN3. The average Bonchev–Trinajstić information content (AvgIpc) is 2.80. The minimum absolute atomic E-state index is 0.0629. The Balaban J connectivity index is 2.33. The van der Waals surface area contributed by atoms with Gasteiger partial charge in [-0.2, -0.15) is 5.10 Å². The quantitative estimate of drug-likeness (QED) is 0.896. The third kappa shape index (κ3) is 3.20. The van der Waals surface area contributed by atoms with E-state index in [9.17, 15) is 4.39 Å². The molecule has 1 aromatic carbocycles. The second-order valence-electron chi connectivity index (χ2n) is 4.84. The summed E-state index contributed by atoms with van der Waals surface area (Å²) in [6, 6.07) is 5.33. The molecule has 4 heteroatoms. The van der Waals surface area contributed by atoms with Gasteiger partial charge < -0.3 is 5.32 Å². The first-order chi connectivity index (χ1) is 9.11. The fourth-order valence-electron chi connectivity index (χ4n) is 2.15. The number of hydrogen-bond acceptors (Lipinski definition) is 2. The highest BCUT2D eigenvalue weighted by Crippen LogP contribution is 2.23. The molecule has 0 saturated carbocycles. The van der Waals surface area contributed by atoms with E-state index < -0.39 is 0 Å². The molecule has 0 fully saturated rings. The van der Waals surface area contributed by atoms with Crippen molar-refractivity contribution in [1.82, 2.24) is 15.1 Å². The van der Waals surface area contributed by atoms with Crippen molar-refractivity contribution in [3.63, 3.8) is 0 Å². The molecule has 0 amide bonds. The van der Waals surface area contributed by atoms with Gasteiger partial charge in [-0.1, -0.05) is 19.1 Å². The molecule has 102 valence electrons. The first kappa shape index (κ1) is 13.7. The molecule has 1 N–H and O–H groups in total. The van der Waals surface area contributed by atoms with Crippen LogP contribution in [0.1, 0.15) is 36.1 Å². The lowest BCUT2D eigenvalue weighted by Crippen LogP contribution is -2.23. The Morgan fingerprint density at radius 1 is 1.37 bits per heavy atom.